The highest BCUT2D eigenvalue weighted by molar-refractivity contribution is 7.92. The molecule has 0 aliphatic rings. The lowest BCUT2D eigenvalue weighted by Crippen LogP contribution is -2.18. The zero-order valence-corrected chi connectivity index (χ0v) is 12.1. The SMILES string of the molecule is CCOCC(=O)Nc1ccc(NS(C)(=O)=O)c(Cl)c1. The summed E-state index contributed by atoms with van der Waals surface area (Å²) in [5.74, 6) is -0.304. The van der Waals surface area contributed by atoms with E-state index in [9.17, 15) is 13.2 Å². The second-order valence-corrected chi connectivity index (χ2v) is 5.91. The molecule has 1 rings (SSSR count). The van der Waals surface area contributed by atoms with E-state index >= 15 is 0 Å². The Bertz CT molecular complexity index is 560. The van der Waals surface area contributed by atoms with Crippen LogP contribution in [0.4, 0.5) is 11.4 Å². The molecule has 8 heteroatoms. The maximum Gasteiger partial charge on any atom is 0.250 e. The molecular weight excluding hydrogens is 292 g/mol. The number of halogens is 1. The molecule has 2 N–H and O–H groups in total. The first-order valence-electron chi connectivity index (χ1n) is 5.46. The number of amides is 1. The molecule has 0 aliphatic heterocycles. The van der Waals surface area contributed by atoms with Gasteiger partial charge in [-0.05, 0) is 25.1 Å². The molecule has 1 aromatic carbocycles. The number of carbonyl (C=O) groups excluding carboxylic acids is 1. The Morgan fingerprint density at radius 2 is 2.11 bits per heavy atom. The highest BCUT2D eigenvalue weighted by Crippen LogP contribution is 2.26. The molecule has 0 radical (unpaired) electrons. The van der Waals surface area contributed by atoms with Gasteiger partial charge < -0.3 is 10.1 Å². The van der Waals surface area contributed by atoms with E-state index in [1.165, 1.54) is 12.1 Å². The summed E-state index contributed by atoms with van der Waals surface area (Å²) in [6.07, 6.45) is 1.03. The summed E-state index contributed by atoms with van der Waals surface area (Å²) in [6.45, 7) is 2.19. The Balaban J connectivity index is 2.74. The van der Waals surface area contributed by atoms with E-state index < -0.39 is 10.0 Å². The molecule has 0 heterocycles. The number of carbonyl (C=O) groups is 1. The predicted molar refractivity (Wildman–Crippen MR) is 75.0 cm³/mol. The van der Waals surface area contributed by atoms with Crippen LogP contribution in [0.2, 0.25) is 5.02 Å². The molecule has 0 fully saturated rings. The smallest absolute Gasteiger partial charge is 0.250 e. The fraction of sp³-hybridized carbons (Fsp3) is 0.364. The fourth-order valence-electron chi connectivity index (χ4n) is 1.27. The van der Waals surface area contributed by atoms with Crippen molar-refractivity contribution in [3.8, 4) is 0 Å². The Hall–Kier alpha value is -1.31. The molecule has 0 aromatic heterocycles. The minimum Gasteiger partial charge on any atom is -0.372 e. The predicted octanol–water partition coefficient (Wildman–Crippen LogP) is 1.69. The van der Waals surface area contributed by atoms with E-state index in [1.807, 2.05) is 0 Å². The molecule has 19 heavy (non-hydrogen) atoms. The van der Waals surface area contributed by atoms with Gasteiger partial charge in [-0.1, -0.05) is 11.6 Å². The number of nitrogens with one attached hydrogen (secondary N) is 2. The molecule has 0 bridgehead atoms. The van der Waals surface area contributed by atoms with Crippen molar-refractivity contribution < 1.29 is 17.9 Å². The van der Waals surface area contributed by atoms with Gasteiger partial charge in [-0.25, -0.2) is 8.42 Å². The van der Waals surface area contributed by atoms with E-state index in [1.54, 1.807) is 13.0 Å². The summed E-state index contributed by atoms with van der Waals surface area (Å²) in [5, 5.41) is 2.78. The van der Waals surface area contributed by atoms with Crippen molar-refractivity contribution in [2.45, 2.75) is 6.92 Å². The first-order valence-corrected chi connectivity index (χ1v) is 7.73. The van der Waals surface area contributed by atoms with Gasteiger partial charge in [-0.15, -0.1) is 0 Å². The van der Waals surface area contributed by atoms with Crippen molar-refractivity contribution in [1.29, 1.82) is 0 Å². The average molecular weight is 307 g/mol. The fourth-order valence-corrected chi connectivity index (χ4v) is 2.13. The molecule has 1 amide bonds. The van der Waals surface area contributed by atoms with Crippen molar-refractivity contribution in [2.24, 2.45) is 0 Å². The number of hydrogen-bond donors (Lipinski definition) is 2. The van der Waals surface area contributed by atoms with Crippen molar-refractivity contribution in [1.82, 2.24) is 0 Å². The maximum atomic E-state index is 11.4. The number of anilines is 2. The summed E-state index contributed by atoms with van der Waals surface area (Å²) < 4.78 is 29.4. The minimum absolute atomic E-state index is 0.0442. The molecule has 106 valence electrons. The Kier molecular flexibility index (Phi) is 5.59. The normalized spacial score (nSPS) is 11.1. The molecular formula is C11H15ClN2O4S. The summed E-state index contributed by atoms with van der Waals surface area (Å²) in [6, 6.07) is 4.47. The van der Waals surface area contributed by atoms with Crippen LogP contribution in [-0.2, 0) is 19.6 Å². The van der Waals surface area contributed by atoms with Crippen LogP contribution >= 0.6 is 11.6 Å². The van der Waals surface area contributed by atoms with Gasteiger partial charge in [0.15, 0.2) is 0 Å². The Morgan fingerprint density at radius 3 is 2.63 bits per heavy atom. The highest BCUT2D eigenvalue weighted by Gasteiger charge is 2.08. The van der Waals surface area contributed by atoms with Crippen LogP contribution in [0, 0.1) is 0 Å². The van der Waals surface area contributed by atoms with Crippen LogP contribution < -0.4 is 10.0 Å². The van der Waals surface area contributed by atoms with E-state index in [-0.39, 0.29) is 23.2 Å². The van der Waals surface area contributed by atoms with Crippen LogP contribution in [0.1, 0.15) is 6.92 Å². The lowest BCUT2D eigenvalue weighted by Gasteiger charge is -2.09. The van der Waals surface area contributed by atoms with Crippen molar-refractivity contribution in [3.63, 3.8) is 0 Å². The van der Waals surface area contributed by atoms with E-state index in [0.29, 0.717) is 12.3 Å². The standard InChI is InChI=1S/C11H15ClN2O4S/c1-3-18-7-11(15)13-8-4-5-10(9(12)6-8)14-19(2,16)17/h4-6,14H,3,7H2,1-2H3,(H,13,15). The van der Waals surface area contributed by atoms with Gasteiger partial charge in [0.2, 0.25) is 15.9 Å². The molecule has 1 aromatic rings. The second-order valence-electron chi connectivity index (χ2n) is 3.75. The summed E-state index contributed by atoms with van der Waals surface area (Å²) in [7, 11) is -3.39. The Labute approximate surface area is 117 Å². The van der Waals surface area contributed by atoms with Gasteiger partial charge in [0.25, 0.3) is 0 Å². The third kappa shape index (κ3) is 5.91. The molecule has 0 unspecified atom stereocenters. The van der Waals surface area contributed by atoms with Gasteiger partial charge in [-0.2, -0.15) is 0 Å². The summed E-state index contributed by atoms with van der Waals surface area (Å²) in [4.78, 5) is 11.4. The van der Waals surface area contributed by atoms with Crippen LogP contribution in [0.25, 0.3) is 0 Å². The lowest BCUT2D eigenvalue weighted by atomic mass is 10.3. The third-order valence-electron chi connectivity index (χ3n) is 1.99. The third-order valence-corrected chi connectivity index (χ3v) is 2.89. The van der Waals surface area contributed by atoms with Gasteiger partial charge in [0.1, 0.15) is 6.61 Å². The Morgan fingerprint density at radius 1 is 1.42 bits per heavy atom. The molecule has 0 atom stereocenters. The summed E-state index contributed by atoms with van der Waals surface area (Å²) >= 11 is 5.91. The number of benzene rings is 1. The van der Waals surface area contributed by atoms with Gasteiger partial charge in [0, 0.05) is 12.3 Å². The summed E-state index contributed by atoms with van der Waals surface area (Å²) in [5.41, 5.74) is 0.723. The lowest BCUT2D eigenvalue weighted by molar-refractivity contribution is -0.120. The number of sulfonamides is 1. The average Bonchev–Trinajstić information content (AvgIpc) is 2.28. The van der Waals surface area contributed by atoms with Crippen LogP contribution in [0.3, 0.4) is 0 Å². The number of hydrogen-bond acceptors (Lipinski definition) is 4. The van der Waals surface area contributed by atoms with Gasteiger partial charge in [-0.3, -0.25) is 9.52 Å². The topological polar surface area (TPSA) is 84.5 Å². The number of ether oxygens (including phenoxy) is 1. The molecule has 0 saturated carbocycles. The first-order chi connectivity index (χ1) is 8.81. The monoisotopic (exact) mass is 306 g/mol. The van der Waals surface area contributed by atoms with E-state index in [0.717, 1.165) is 6.26 Å². The largest absolute Gasteiger partial charge is 0.372 e. The van der Waals surface area contributed by atoms with Crippen molar-refractivity contribution in [2.75, 3.05) is 29.5 Å². The second kappa shape index (κ2) is 6.74. The van der Waals surface area contributed by atoms with Crippen LogP contribution in [0.5, 0.6) is 0 Å². The maximum absolute atomic E-state index is 11.4. The van der Waals surface area contributed by atoms with Gasteiger partial charge in [0.05, 0.1) is 17.0 Å². The molecule has 6 nitrogen and oxygen atoms in total. The zero-order valence-electron chi connectivity index (χ0n) is 10.6. The quantitative estimate of drug-likeness (QED) is 0.837. The van der Waals surface area contributed by atoms with E-state index in [2.05, 4.69) is 10.0 Å². The van der Waals surface area contributed by atoms with Crippen LogP contribution in [-0.4, -0.2) is 33.8 Å². The zero-order chi connectivity index (χ0) is 14.5. The van der Waals surface area contributed by atoms with Crippen LogP contribution in [0.15, 0.2) is 18.2 Å². The number of rotatable bonds is 6. The van der Waals surface area contributed by atoms with E-state index in [4.69, 9.17) is 16.3 Å². The molecule has 0 aliphatic carbocycles. The van der Waals surface area contributed by atoms with Crippen molar-refractivity contribution in [3.05, 3.63) is 23.2 Å². The van der Waals surface area contributed by atoms with Crippen molar-refractivity contribution >= 4 is 38.9 Å². The first kappa shape index (κ1) is 15.7. The van der Waals surface area contributed by atoms with Gasteiger partial charge >= 0.3 is 0 Å². The minimum atomic E-state index is -3.39. The highest BCUT2D eigenvalue weighted by atomic mass is 35.5. The molecule has 0 saturated heterocycles. The molecule has 0 spiro atoms.